The fraction of sp³-hybridized carbons (Fsp3) is 0.320. The van der Waals surface area contributed by atoms with E-state index in [9.17, 15) is 14.4 Å². The second kappa shape index (κ2) is 9.18. The molecule has 9 heteroatoms. The van der Waals surface area contributed by atoms with Crippen molar-refractivity contribution in [3.05, 3.63) is 65.9 Å². The van der Waals surface area contributed by atoms with Crippen LogP contribution in [0.3, 0.4) is 0 Å². The third kappa shape index (κ3) is 4.22. The van der Waals surface area contributed by atoms with Crippen LogP contribution in [0.25, 0.3) is 11.0 Å². The zero-order chi connectivity index (χ0) is 24.5. The molecule has 2 heterocycles. The summed E-state index contributed by atoms with van der Waals surface area (Å²) in [7, 11) is 1.55. The number of carbonyl (C=O) groups excluding carboxylic acids is 3. The van der Waals surface area contributed by atoms with Crippen molar-refractivity contribution in [3.8, 4) is 5.75 Å². The lowest BCUT2D eigenvalue weighted by Gasteiger charge is -2.26. The number of rotatable bonds is 8. The second-order valence-corrected chi connectivity index (χ2v) is 8.38. The zero-order valence-electron chi connectivity index (χ0n) is 19.6. The molecule has 34 heavy (non-hydrogen) atoms. The zero-order valence-corrected chi connectivity index (χ0v) is 19.6. The fourth-order valence-corrected chi connectivity index (χ4v) is 4.12. The van der Waals surface area contributed by atoms with Crippen LogP contribution in [0.2, 0.25) is 0 Å². The smallest absolute Gasteiger partial charge is 0.344 e. The van der Waals surface area contributed by atoms with Crippen molar-refractivity contribution in [2.75, 3.05) is 20.2 Å². The minimum absolute atomic E-state index is 0.0228. The maximum Gasteiger partial charge on any atom is 0.344 e. The van der Waals surface area contributed by atoms with E-state index in [1.54, 1.807) is 38.3 Å². The van der Waals surface area contributed by atoms with E-state index in [-0.39, 0.29) is 12.6 Å². The van der Waals surface area contributed by atoms with E-state index >= 15 is 0 Å². The van der Waals surface area contributed by atoms with Crippen LogP contribution in [-0.4, -0.2) is 48.0 Å². The van der Waals surface area contributed by atoms with E-state index in [1.165, 1.54) is 0 Å². The molecule has 0 spiro atoms. The van der Waals surface area contributed by atoms with Crippen LogP contribution in [-0.2, 0) is 15.1 Å². The summed E-state index contributed by atoms with van der Waals surface area (Å²) in [6.07, 6.45) is 0. The van der Waals surface area contributed by atoms with Crippen molar-refractivity contribution < 1.29 is 23.5 Å². The first kappa shape index (κ1) is 23.3. The molecule has 3 aromatic rings. The van der Waals surface area contributed by atoms with Gasteiger partial charge in [0.1, 0.15) is 22.6 Å². The average Bonchev–Trinajstić information content (AvgIpc) is 3.37. The Morgan fingerprint density at radius 3 is 2.56 bits per heavy atom. The number of likely N-dealkylation sites (N-methyl/N-ethyl adjacent to an activating group) is 1. The van der Waals surface area contributed by atoms with Crippen molar-refractivity contribution in [1.29, 1.82) is 0 Å². The highest BCUT2D eigenvalue weighted by molar-refractivity contribution is 6.08. The quantitative estimate of drug-likeness (QED) is 0.496. The normalized spacial score (nSPS) is 18.9. The van der Waals surface area contributed by atoms with Gasteiger partial charge in [-0.15, -0.1) is 0 Å². The predicted octanol–water partition coefficient (Wildman–Crippen LogP) is 3.32. The van der Waals surface area contributed by atoms with Crippen LogP contribution < -0.4 is 15.5 Å². The van der Waals surface area contributed by atoms with Gasteiger partial charge in [-0.2, -0.15) is 5.01 Å². The van der Waals surface area contributed by atoms with E-state index in [0.717, 1.165) is 21.7 Å². The number of carbonyl (C=O) groups is 3. The Balaban J connectivity index is 1.44. The number of fused-ring (bicyclic) bond motifs is 1. The molecule has 2 aromatic carbocycles. The van der Waals surface area contributed by atoms with Crippen LogP contribution in [0.15, 0.2) is 59.0 Å². The number of hydrogen-bond acceptors (Lipinski definition) is 6. The van der Waals surface area contributed by atoms with E-state index in [0.29, 0.717) is 17.9 Å². The topological polar surface area (TPSA) is 104 Å². The largest absolute Gasteiger partial charge is 0.497 e. The van der Waals surface area contributed by atoms with Gasteiger partial charge in [-0.25, -0.2) is 4.79 Å². The fourth-order valence-electron chi connectivity index (χ4n) is 4.12. The molecule has 2 unspecified atom stereocenters. The Kier molecular flexibility index (Phi) is 6.30. The number of nitrogens with one attached hydrogen (secondary N) is 2. The Hall–Kier alpha value is -3.85. The van der Waals surface area contributed by atoms with Crippen molar-refractivity contribution in [2.45, 2.75) is 32.4 Å². The number of amides is 4. The lowest BCUT2D eigenvalue weighted by atomic mass is 9.92. The van der Waals surface area contributed by atoms with Gasteiger partial charge in [0, 0.05) is 5.39 Å². The number of para-hydroxylation sites is 1. The van der Waals surface area contributed by atoms with E-state index in [2.05, 4.69) is 10.7 Å². The van der Waals surface area contributed by atoms with Gasteiger partial charge in [0.2, 0.25) is 0 Å². The van der Waals surface area contributed by atoms with E-state index in [1.807, 2.05) is 49.1 Å². The Morgan fingerprint density at radius 1 is 1.21 bits per heavy atom. The second-order valence-electron chi connectivity index (χ2n) is 8.38. The van der Waals surface area contributed by atoms with Crippen LogP contribution in [0.5, 0.6) is 5.75 Å². The molecule has 0 saturated carbocycles. The molecule has 1 aliphatic heterocycles. The summed E-state index contributed by atoms with van der Waals surface area (Å²) in [5.41, 5.74) is 2.52. The third-order valence-corrected chi connectivity index (χ3v) is 6.25. The molecule has 1 fully saturated rings. The lowest BCUT2D eigenvalue weighted by Crippen LogP contribution is -2.51. The minimum Gasteiger partial charge on any atom is -0.497 e. The van der Waals surface area contributed by atoms with Gasteiger partial charge in [0.05, 0.1) is 19.7 Å². The molecule has 4 amide bonds. The first-order valence-corrected chi connectivity index (χ1v) is 11.1. The highest BCUT2D eigenvalue weighted by Crippen LogP contribution is 2.30. The summed E-state index contributed by atoms with van der Waals surface area (Å²) in [4.78, 5) is 40.4. The molecule has 178 valence electrons. The minimum atomic E-state index is -1.30. The van der Waals surface area contributed by atoms with Crippen molar-refractivity contribution in [1.82, 2.24) is 20.7 Å². The highest BCUT2D eigenvalue weighted by Gasteiger charge is 2.50. The summed E-state index contributed by atoms with van der Waals surface area (Å²) in [5, 5.41) is 4.40. The Bertz CT molecular complexity index is 1190. The Morgan fingerprint density at radius 2 is 1.91 bits per heavy atom. The van der Waals surface area contributed by atoms with Crippen molar-refractivity contribution >= 4 is 28.8 Å². The molecule has 1 aliphatic rings. The molecule has 4 rings (SSSR count). The maximum atomic E-state index is 13.1. The van der Waals surface area contributed by atoms with Crippen LogP contribution in [0, 0.1) is 0 Å². The molecule has 0 aliphatic carbocycles. The van der Waals surface area contributed by atoms with Crippen molar-refractivity contribution in [3.63, 3.8) is 0 Å². The maximum absolute atomic E-state index is 13.1. The van der Waals surface area contributed by atoms with Crippen LogP contribution in [0.1, 0.15) is 38.1 Å². The highest BCUT2D eigenvalue weighted by atomic mass is 16.5. The summed E-state index contributed by atoms with van der Waals surface area (Å²) >= 11 is 0. The van der Waals surface area contributed by atoms with Gasteiger partial charge >= 0.3 is 6.03 Å². The third-order valence-electron chi connectivity index (χ3n) is 6.25. The molecular formula is C25H28N4O5. The molecule has 2 atom stereocenters. The molecule has 9 nitrogen and oxygen atoms in total. The van der Waals surface area contributed by atoms with Gasteiger partial charge in [-0.05, 0) is 50.2 Å². The standard InChI is InChI=1S/C25H28N4O5/c1-5-28(16(2)21-14-17-8-6-7-9-20(17)34-21)15-22(30)27-29-23(31)25(3,26-24(29)32)18-10-12-19(33-4)13-11-18/h6-14,16H,5,15H2,1-4H3,(H,26,32)(H,27,30). The number of nitrogens with zero attached hydrogens (tertiary/aromatic N) is 2. The predicted molar refractivity (Wildman–Crippen MR) is 126 cm³/mol. The van der Waals surface area contributed by atoms with Gasteiger partial charge in [0.25, 0.3) is 11.8 Å². The van der Waals surface area contributed by atoms with E-state index in [4.69, 9.17) is 9.15 Å². The number of hydrogen-bond donors (Lipinski definition) is 2. The van der Waals surface area contributed by atoms with Gasteiger partial charge < -0.3 is 14.5 Å². The Labute approximate surface area is 197 Å². The number of furan rings is 1. The van der Waals surface area contributed by atoms with Gasteiger partial charge in [-0.3, -0.25) is 19.9 Å². The monoisotopic (exact) mass is 464 g/mol. The van der Waals surface area contributed by atoms with E-state index < -0.39 is 23.4 Å². The van der Waals surface area contributed by atoms with Crippen molar-refractivity contribution in [2.24, 2.45) is 0 Å². The average molecular weight is 465 g/mol. The number of urea groups is 1. The number of benzene rings is 2. The van der Waals surface area contributed by atoms with Crippen LogP contribution in [0.4, 0.5) is 4.79 Å². The summed E-state index contributed by atoms with van der Waals surface area (Å²) in [6.45, 7) is 6.02. The molecule has 1 saturated heterocycles. The first-order valence-electron chi connectivity index (χ1n) is 11.1. The van der Waals surface area contributed by atoms with Crippen LogP contribution >= 0.6 is 0 Å². The number of imide groups is 1. The summed E-state index contributed by atoms with van der Waals surface area (Å²) in [6, 6.07) is 15.6. The molecule has 1 aromatic heterocycles. The summed E-state index contributed by atoms with van der Waals surface area (Å²) in [5.74, 6) is 0.321. The summed E-state index contributed by atoms with van der Waals surface area (Å²) < 4.78 is 11.1. The number of ether oxygens (including phenoxy) is 1. The number of methoxy groups -OCH3 is 1. The number of hydrazine groups is 1. The molecule has 0 bridgehead atoms. The molecule has 2 N–H and O–H groups in total. The SMILES string of the molecule is CCN(CC(=O)NN1C(=O)NC(C)(c2ccc(OC)cc2)C1=O)C(C)c1cc2ccccc2o1. The molecule has 0 radical (unpaired) electrons. The lowest BCUT2D eigenvalue weighted by molar-refractivity contribution is -0.139. The van der Waals surface area contributed by atoms with Gasteiger partial charge in [-0.1, -0.05) is 37.3 Å². The molecular weight excluding hydrogens is 436 g/mol. The van der Waals surface area contributed by atoms with Gasteiger partial charge in [0.15, 0.2) is 0 Å². The first-order chi connectivity index (χ1) is 16.3.